The van der Waals surface area contributed by atoms with E-state index in [9.17, 15) is 4.79 Å². The van der Waals surface area contributed by atoms with Crippen LogP contribution in [-0.2, 0) is 0 Å². The zero-order valence-electron chi connectivity index (χ0n) is 10.9. The molecule has 1 unspecified atom stereocenters. The van der Waals surface area contributed by atoms with E-state index in [1.165, 1.54) is 0 Å². The van der Waals surface area contributed by atoms with Crippen molar-refractivity contribution < 1.29 is 4.79 Å². The first-order valence-corrected chi connectivity index (χ1v) is 7.43. The van der Waals surface area contributed by atoms with Crippen molar-refractivity contribution in [3.05, 3.63) is 32.9 Å². The molecule has 0 radical (unpaired) electrons. The van der Waals surface area contributed by atoms with E-state index in [4.69, 9.17) is 0 Å². The van der Waals surface area contributed by atoms with Crippen LogP contribution in [0, 0.1) is 10.5 Å². The standard InChI is InChI=1S/C14H19IN2O/c1-10-5-6-13(15)12(8-10)14(18)17-7-3-4-11(17)9-16-2/h5-6,8,11,16H,3-4,7,9H2,1-2H3. The van der Waals surface area contributed by atoms with Crippen LogP contribution in [-0.4, -0.2) is 37.0 Å². The number of carbonyl (C=O) groups excluding carboxylic acids is 1. The lowest BCUT2D eigenvalue weighted by atomic mass is 10.1. The van der Waals surface area contributed by atoms with E-state index in [-0.39, 0.29) is 5.91 Å². The molecule has 1 aliphatic heterocycles. The molecule has 1 N–H and O–H groups in total. The SMILES string of the molecule is CNCC1CCCN1C(=O)c1cc(C)ccc1I. The molecule has 3 nitrogen and oxygen atoms in total. The van der Waals surface area contributed by atoms with Gasteiger partial charge >= 0.3 is 0 Å². The van der Waals surface area contributed by atoms with E-state index in [2.05, 4.69) is 27.9 Å². The first-order valence-electron chi connectivity index (χ1n) is 6.35. The van der Waals surface area contributed by atoms with Crippen LogP contribution in [0.2, 0.25) is 0 Å². The summed E-state index contributed by atoms with van der Waals surface area (Å²) in [5, 5.41) is 3.18. The number of nitrogens with one attached hydrogen (secondary N) is 1. The van der Waals surface area contributed by atoms with Crippen LogP contribution in [0.15, 0.2) is 18.2 Å². The molecule has 1 heterocycles. The van der Waals surface area contributed by atoms with Crippen molar-refractivity contribution in [3.63, 3.8) is 0 Å². The third-order valence-corrected chi connectivity index (χ3v) is 4.37. The van der Waals surface area contributed by atoms with Crippen LogP contribution in [0.1, 0.15) is 28.8 Å². The van der Waals surface area contributed by atoms with Crippen LogP contribution in [0.3, 0.4) is 0 Å². The van der Waals surface area contributed by atoms with E-state index >= 15 is 0 Å². The predicted molar refractivity (Wildman–Crippen MR) is 81.9 cm³/mol. The molecule has 18 heavy (non-hydrogen) atoms. The number of nitrogens with zero attached hydrogens (tertiary/aromatic N) is 1. The van der Waals surface area contributed by atoms with Crippen LogP contribution < -0.4 is 5.32 Å². The second kappa shape index (κ2) is 6.02. The summed E-state index contributed by atoms with van der Waals surface area (Å²) in [5.41, 5.74) is 1.99. The number of hydrogen-bond donors (Lipinski definition) is 1. The summed E-state index contributed by atoms with van der Waals surface area (Å²) in [5.74, 6) is 0.181. The van der Waals surface area contributed by atoms with Gasteiger partial charge in [0.05, 0.1) is 5.56 Å². The molecule has 0 spiro atoms. The fourth-order valence-electron chi connectivity index (χ4n) is 2.51. The summed E-state index contributed by atoms with van der Waals surface area (Å²) in [6, 6.07) is 6.41. The van der Waals surface area contributed by atoms with Crippen molar-refractivity contribution >= 4 is 28.5 Å². The molecule has 1 aromatic carbocycles. The first kappa shape index (κ1) is 13.8. The molecule has 1 saturated heterocycles. The molecule has 4 heteroatoms. The second-order valence-corrected chi connectivity index (χ2v) is 6.00. The highest BCUT2D eigenvalue weighted by molar-refractivity contribution is 14.1. The van der Waals surface area contributed by atoms with Crippen molar-refractivity contribution in [3.8, 4) is 0 Å². The monoisotopic (exact) mass is 358 g/mol. The van der Waals surface area contributed by atoms with Crippen molar-refractivity contribution in [2.24, 2.45) is 0 Å². The Morgan fingerprint density at radius 2 is 2.33 bits per heavy atom. The zero-order valence-corrected chi connectivity index (χ0v) is 13.0. The van der Waals surface area contributed by atoms with Gasteiger partial charge in [-0.2, -0.15) is 0 Å². The number of likely N-dealkylation sites (N-methyl/N-ethyl adjacent to an activating group) is 1. The zero-order chi connectivity index (χ0) is 13.1. The number of aryl methyl sites for hydroxylation is 1. The van der Waals surface area contributed by atoms with E-state index in [0.717, 1.165) is 40.6 Å². The molecule has 1 fully saturated rings. The fraction of sp³-hybridized carbons (Fsp3) is 0.500. The van der Waals surface area contributed by atoms with Gasteiger partial charge in [-0.1, -0.05) is 11.6 Å². The number of hydrogen-bond acceptors (Lipinski definition) is 2. The molecule has 2 rings (SSSR count). The first-order chi connectivity index (χ1) is 8.63. The predicted octanol–water partition coefficient (Wildman–Crippen LogP) is 2.42. The Morgan fingerprint density at radius 3 is 3.06 bits per heavy atom. The van der Waals surface area contributed by atoms with Gasteiger partial charge in [-0.15, -0.1) is 0 Å². The highest BCUT2D eigenvalue weighted by Crippen LogP contribution is 2.22. The maximum Gasteiger partial charge on any atom is 0.255 e. The number of likely N-dealkylation sites (tertiary alicyclic amines) is 1. The third-order valence-electron chi connectivity index (χ3n) is 3.43. The number of amides is 1. The van der Waals surface area contributed by atoms with Gasteiger partial charge in [-0.05, 0) is 61.5 Å². The summed E-state index contributed by atoms with van der Waals surface area (Å²) < 4.78 is 1.04. The van der Waals surface area contributed by atoms with Crippen molar-refractivity contribution in [1.29, 1.82) is 0 Å². The quantitative estimate of drug-likeness (QED) is 0.842. The summed E-state index contributed by atoms with van der Waals surface area (Å²) in [6.45, 7) is 3.80. The second-order valence-electron chi connectivity index (χ2n) is 4.84. The smallest absolute Gasteiger partial charge is 0.255 e. The van der Waals surface area contributed by atoms with E-state index < -0.39 is 0 Å². The third kappa shape index (κ3) is 2.85. The largest absolute Gasteiger partial charge is 0.334 e. The molecule has 1 aromatic rings. The number of rotatable bonds is 3. The maximum absolute atomic E-state index is 12.6. The van der Waals surface area contributed by atoms with Gasteiger partial charge in [0.15, 0.2) is 0 Å². The van der Waals surface area contributed by atoms with Crippen molar-refractivity contribution in [2.45, 2.75) is 25.8 Å². The topological polar surface area (TPSA) is 32.3 Å². The Morgan fingerprint density at radius 1 is 1.56 bits per heavy atom. The summed E-state index contributed by atoms with van der Waals surface area (Å²) >= 11 is 2.24. The minimum absolute atomic E-state index is 0.181. The Hall–Kier alpha value is -0.620. The number of halogens is 1. The average Bonchev–Trinajstić information content (AvgIpc) is 2.80. The maximum atomic E-state index is 12.6. The average molecular weight is 358 g/mol. The van der Waals surface area contributed by atoms with Gasteiger partial charge in [-0.25, -0.2) is 0 Å². The summed E-state index contributed by atoms with van der Waals surface area (Å²) in [7, 11) is 1.94. The summed E-state index contributed by atoms with van der Waals surface area (Å²) in [4.78, 5) is 14.6. The Balaban J connectivity index is 2.22. The molecule has 98 valence electrons. The normalized spacial score (nSPS) is 19.3. The Labute approximate surface area is 122 Å². The molecule has 0 aromatic heterocycles. The van der Waals surface area contributed by atoms with Gasteiger partial charge in [0.1, 0.15) is 0 Å². The Bertz CT molecular complexity index is 447. The van der Waals surface area contributed by atoms with E-state index in [0.29, 0.717) is 6.04 Å². The van der Waals surface area contributed by atoms with Gasteiger partial charge in [0, 0.05) is 22.7 Å². The lowest BCUT2D eigenvalue weighted by Gasteiger charge is -2.25. The highest BCUT2D eigenvalue weighted by Gasteiger charge is 2.29. The van der Waals surface area contributed by atoms with Crippen LogP contribution >= 0.6 is 22.6 Å². The van der Waals surface area contributed by atoms with Crippen molar-refractivity contribution in [1.82, 2.24) is 10.2 Å². The van der Waals surface area contributed by atoms with Gasteiger partial charge in [-0.3, -0.25) is 4.79 Å². The van der Waals surface area contributed by atoms with Gasteiger partial charge in [0.2, 0.25) is 0 Å². The molecule has 0 bridgehead atoms. The van der Waals surface area contributed by atoms with Crippen molar-refractivity contribution in [2.75, 3.05) is 20.1 Å². The Kier molecular flexibility index (Phi) is 4.61. The minimum atomic E-state index is 0.181. The van der Waals surface area contributed by atoms with E-state index in [1.807, 2.05) is 37.1 Å². The lowest BCUT2D eigenvalue weighted by molar-refractivity contribution is 0.0736. The lowest BCUT2D eigenvalue weighted by Crippen LogP contribution is -2.41. The number of carbonyl (C=O) groups is 1. The molecular formula is C14H19IN2O. The minimum Gasteiger partial charge on any atom is -0.334 e. The summed E-state index contributed by atoms with van der Waals surface area (Å²) in [6.07, 6.45) is 2.22. The molecule has 0 saturated carbocycles. The van der Waals surface area contributed by atoms with Crippen LogP contribution in [0.4, 0.5) is 0 Å². The van der Waals surface area contributed by atoms with E-state index in [1.54, 1.807) is 0 Å². The molecule has 1 atom stereocenters. The number of benzene rings is 1. The molecular weight excluding hydrogens is 339 g/mol. The fourth-order valence-corrected chi connectivity index (χ4v) is 3.07. The van der Waals surface area contributed by atoms with Crippen LogP contribution in [0.5, 0.6) is 0 Å². The van der Waals surface area contributed by atoms with Crippen LogP contribution in [0.25, 0.3) is 0 Å². The highest BCUT2D eigenvalue weighted by atomic mass is 127. The molecule has 0 aliphatic carbocycles. The molecule has 1 aliphatic rings. The van der Waals surface area contributed by atoms with Gasteiger partial charge in [0.25, 0.3) is 5.91 Å². The van der Waals surface area contributed by atoms with Gasteiger partial charge < -0.3 is 10.2 Å². The molecule has 1 amide bonds.